The summed E-state index contributed by atoms with van der Waals surface area (Å²) in [6, 6.07) is 10.5. The molecule has 4 heteroatoms. The molecule has 1 aromatic heterocycles. The molecule has 102 valence electrons. The highest BCUT2D eigenvalue weighted by Crippen LogP contribution is 2.10. The maximum atomic E-state index is 10.9. The average molecular weight is 269 g/mol. The van der Waals surface area contributed by atoms with Crippen molar-refractivity contribution in [3.8, 4) is 0 Å². The molecule has 0 aliphatic carbocycles. The van der Waals surface area contributed by atoms with Gasteiger partial charge in [0.25, 0.3) is 0 Å². The molecule has 0 unspecified atom stereocenters. The molecule has 0 aliphatic rings. The molecule has 20 heavy (non-hydrogen) atoms. The normalized spacial score (nSPS) is 11.4. The molecular weight excluding hydrogens is 254 g/mol. The van der Waals surface area contributed by atoms with Crippen LogP contribution >= 0.6 is 0 Å². The number of benzene rings is 1. The van der Waals surface area contributed by atoms with Crippen LogP contribution in [0.2, 0.25) is 0 Å². The van der Waals surface area contributed by atoms with Crippen LogP contribution in [0.4, 0.5) is 0 Å². The fraction of sp³-hybridized carbons (Fsp3) is 0.0625. The minimum absolute atomic E-state index is 0.101. The lowest BCUT2D eigenvalue weighted by Gasteiger charge is -1.95. The van der Waals surface area contributed by atoms with Crippen molar-refractivity contribution in [2.24, 2.45) is 5.73 Å². The van der Waals surface area contributed by atoms with Crippen molar-refractivity contribution in [1.29, 1.82) is 0 Å². The largest absolute Gasteiger partial charge is 0.459 e. The van der Waals surface area contributed by atoms with Gasteiger partial charge in [-0.1, -0.05) is 30.4 Å². The molecule has 0 saturated heterocycles. The molecule has 0 radical (unpaired) electrons. The molecular formula is C16H15NO3. The number of aliphatic hydroxyl groups is 1. The Labute approximate surface area is 116 Å². The van der Waals surface area contributed by atoms with Crippen molar-refractivity contribution in [3.05, 3.63) is 71.2 Å². The van der Waals surface area contributed by atoms with Crippen molar-refractivity contribution >= 4 is 18.1 Å². The molecule has 0 spiro atoms. The van der Waals surface area contributed by atoms with Gasteiger partial charge < -0.3 is 15.3 Å². The average Bonchev–Trinajstić information content (AvgIpc) is 2.92. The number of allylic oxidation sites excluding steroid dienone is 2. The Kier molecular flexibility index (Phi) is 4.52. The number of furan rings is 1. The van der Waals surface area contributed by atoms with E-state index < -0.39 is 5.91 Å². The van der Waals surface area contributed by atoms with Gasteiger partial charge in [-0.05, 0) is 35.9 Å². The number of aliphatic hydroxyl groups excluding tert-OH is 1. The number of nitrogens with two attached hydrogens (primary N) is 1. The van der Waals surface area contributed by atoms with Crippen molar-refractivity contribution < 1.29 is 14.3 Å². The highest BCUT2D eigenvalue weighted by molar-refractivity contribution is 5.92. The highest BCUT2D eigenvalue weighted by Gasteiger charge is 1.97. The second-order valence-corrected chi connectivity index (χ2v) is 4.17. The quantitative estimate of drug-likeness (QED) is 0.819. The Morgan fingerprint density at radius 1 is 1.10 bits per heavy atom. The van der Waals surface area contributed by atoms with Gasteiger partial charge in [-0.15, -0.1) is 0 Å². The Morgan fingerprint density at radius 2 is 1.80 bits per heavy atom. The zero-order chi connectivity index (χ0) is 14.4. The topological polar surface area (TPSA) is 76.5 Å². The van der Waals surface area contributed by atoms with E-state index in [0.717, 1.165) is 5.56 Å². The van der Waals surface area contributed by atoms with Crippen molar-refractivity contribution in [3.63, 3.8) is 0 Å². The zero-order valence-corrected chi connectivity index (χ0v) is 10.8. The first-order valence-corrected chi connectivity index (χ1v) is 6.13. The van der Waals surface area contributed by atoms with Crippen LogP contribution in [0, 0.1) is 0 Å². The second-order valence-electron chi connectivity index (χ2n) is 4.17. The number of carbonyl (C=O) groups is 1. The van der Waals surface area contributed by atoms with Gasteiger partial charge in [0, 0.05) is 5.56 Å². The van der Waals surface area contributed by atoms with Crippen LogP contribution in [0.15, 0.2) is 53.0 Å². The van der Waals surface area contributed by atoms with E-state index in [4.69, 9.17) is 15.3 Å². The second kappa shape index (κ2) is 6.54. The molecule has 1 heterocycles. The summed E-state index contributed by atoms with van der Waals surface area (Å²) < 4.78 is 5.31. The summed E-state index contributed by atoms with van der Waals surface area (Å²) in [5.41, 5.74) is 6.63. The SMILES string of the molecule is NC(=O)c1ccc(/C=C/C=C/c2ccc(CO)o2)cc1. The number of hydrogen-bond donors (Lipinski definition) is 2. The smallest absolute Gasteiger partial charge is 0.248 e. The number of carbonyl (C=O) groups excluding carboxylic acids is 1. The number of rotatable bonds is 5. The van der Waals surface area contributed by atoms with Gasteiger partial charge in [-0.3, -0.25) is 4.79 Å². The molecule has 0 fully saturated rings. The Bertz CT molecular complexity index is 636. The van der Waals surface area contributed by atoms with E-state index in [0.29, 0.717) is 17.1 Å². The van der Waals surface area contributed by atoms with Crippen LogP contribution in [0.25, 0.3) is 12.2 Å². The van der Waals surface area contributed by atoms with Gasteiger partial charge in [-0.2, -0.15) is 0 Å². The third kappa shape index (κ3) is 3.70. The van der Waals surface area contributed by atoms with Crippen LogP contribution in [0.1, 0.15) is 27.4 Å². The number of primary amides is 1. The molecule has 0 aliphatic heterocycles. The predicted molar refractivity (Wildman–Crippen MR) is 77.7 cm³/mol. The number of hydrogen-bond acceptors (Lipinski definition) is 3. The van der Waals surface area contributed by atoms with E-state index in [1.165, 1.54) is 0 Å². The summed E-state index contributed by atoms with van der Waals surface area (Å²) in [6.07, 6.45) is 7.40. The van der Waals surface area contributed by atoms with E-state index in [9.17, 15) is 4.79 Å². The molecule has 1 aromatic carbocycles. The van der Waals surface area contributed by atoms with E-state index in [2.05, 4.69) is 0 Å². The van der Waals surface area contributed by atoms with Gasteiger partial charge >= 0.3 is 0 Å². The summed E-state index contributed by atoms with van der Waals surface area (Å²) in [5, 5.41) is 8.87. The van der Waals surface area contributed by atoms with Crippen LogP contribution in [-0.4, -0.2) is 11.0 Å². The van der Waals surface area contributed by atoms with Crippen LogP contribution in [-0.2, 0) is 6.61 Å². The van der Waals surface area contributed by atoms with Crippen LogP contribution in [0.3, 0.4) is 0 Å². The zero-order valence-electron chi connectivity index (χ0n) is 10.8. The molecule has 2 aromatic rings. The lowest BCUT2D eigenvalue weighted by Crippen LogP contribution is -2.10. The van der Waals surface area contributed by atoms with E-state index in [1.807, 2.05) is 30.4 Å². The van der Waals surface area contributed by atoms with Crippen molar-refractivity contribution in [1.82, 2.24) is 0 Å². The standard InChI is InChI=1S/C16H15NO3/c17-16(19)13-7-5-12(6-8-13)3-1-2-4-14-9-10-15(11-18)20-14/h1-10,18H,11H2,(H2,17,19)/b3-1+,4-2+. The van der Waals surface area contributed by atoms with Gasteiger partial charge in [0.1, 0.15) is 18.1 Å². The van der Waals surface area contributed by atoms with Crippen molar-refractivity contribution in [2.45, 2.75) is 6.61 Å². The van der Waals surface area contributed by atoms with E-state index >= 15 is 0 Å². The minimum Gasteiger partial charge on any atom is -0.459 e. The van der Waals surface area contributed by atoms with Gasteiger partial charge in [0.05, 0.1) is 0 Å². The molecule has 0 saturated carbocycles. The highest BCUT2D eigenvalue weighted by atomic mass is 16.4. The lowest BCUT2D eigenvalue weighted by atomic mass is 10.1. The maximum Gasteiger partial charge on any atom is 0.248 e. The molecule has 2 rings (SSSR count). The van der Waals surface area contributed by atoms with Crippen LogP contribution in [0.5, 0.6) is 0 Å². The summed E-state index contributed by atoms with van der Waals surface area (Å²) in [4.78, 5) is 10.9. The molecule has 0 bridgehead atoms. The molecule has 0 atom stereocenters. The van der Waals surface area contributed by atoms with Gasteiger partial charge in [0.15, 0.2) is 0 Å². The third-order valence-corrected chi connectivity index (χ3v) is 2.69. The fourth-order valence-electron chi connectivity index (χ4n) is 1.64. The van der Waals surface area contributed by atoms with Gasteiger partial charge in [0.2, 0.25) is 5.91 Å². The predicted octanol–water partition coefficient (Wildman–Crippen LogP) is 2.60. The lowest BCUT2D eigenvalue weighted by molar-refractivity contribution is 0.100. The van der Waals surface area contributed by atoms with E-state index in [-0.39, 0.29) is 6.61 Å². The minimum atomic E-state index is -0.432. The molecule has 3 N–H and O–H groups in total. The van der Waals surface area contributed by atoms with E-state index in [1.54, 1.807) is 30.3 Å². The Hall–Kier alpha value is -2.59. The summed E-state index contributed by atoms with van der Waals surface area (Å²) in [5.74, 6) is 0.788. The molecule has 4 nitrogen and oxygen atoms in total. The first kappa shape index (κ1) is 13.8. The summed E-state index contributed by atoms with van der Waals surface area (Å²) in [7, 11) is 0. The maximum absolute atomic E-state index is 10.9. The first-order chi connectivity index (χ1) is 9.69. The fourth-order valence-corrected chi connectivity index (χ4v) is 1.64. The van der Waals surface area contributed by atoms with Crippen LogP contribution < -0.4 is 5.73 Å². The Balaban J connectivity index is 1.97. The van der Waals surface area contributed by atoms with Crippen molar-refractivity contribution in [2.75, 3.05) is 0 Å². The summed E-state index contributed by atoms with van der Waals surface area (Å²) in [6.45, 7) is -0.101. The van der Waals surface area contributed by atoms with Gasteiger partial charge in [-0.25, -0.2) is 0 Å². The third-order valence-electron chi connectivity index (χ3n) is 2.69. The number of amides is 1. The Morgan fingerprint density at radius 3 is 2.40 bits per heavy atom. The first-order valence-electron chi connectivity index (χ1n) is 6.13. The monoisotopic (exact) mass is 269 g/mol. The summed E-state index contributed by atoms with van der Waals surface area (Å²) >= 11 is 0. The molecule has 1 amide bonds.